The lowest BCUT2D eigenvalue weighted by Crippen LogP contribution is -2.37. The Morgan fingerprint density at radius 1 is 0.951 bits per heavy atom. The van der Waals surface area contributed by atoms with Crippen LogP contribution >= 0.6 is 11.6 Å². The van der Waals surface area contributed by atoms with Crippen molar-refractivity contribution in [1.82, 2.24) is 15.4 Å². The van der Waals surface area contributed by atoms with Gasteiger partial charge in [0.15, 0.2) is 17.2 Å². The van der Waals surface area contributed by atoms with E-state index >= 15 is 0 Å². The van der Waals surface area contributed by atoms with Crippen molar-refractivity contribution in [2.45, 2.75) is 6.18 Å². The van der Waals surface area contributed by atoms with E-state index in [1.54, 1.807) is 35.8 Å². The number of nitrogens with two attached hydrogens (primary N) is 1. The Labute approximate surface area is 232 Å². The Morgan fingerprint density at radius 3 is 2.32 bits per heavy atom. The van der Waals surface area contributed by atoms with Crippen LogP contribution in [0.3, 0.4) is 0 Å². The third-order valence-corrected chi connectivity index (χ3v) is 5.77. The predicted molar refractivity (Wildman–Crippen MR) is 142 cm³/mol. The summed E-state index contributed by atoms with van der Waals surface area (Å²) in [5.41, 5.74) is 3.03. The van der Waals surface area contributed by atoms with Crippen molar-refractivity contribution in [2.75, 3.05) is 5.32 Å². The van der Waals surface area contributed by atoms with E-state index < -0.39 is 57.1 Å². The molecular formula is C26H16ClF3N6O5. The van der Waals surface area contributed by atoms with Crippen molar-refractivity contribution >= 4 is 57.5 Å². The number of hydrogen-bond donors (Lipinski definition) is 4. The first-order valence-electron chi connectivity index (χ1n) is 11.3. The molecule has 0 spiro atoms. The maximum atomic E-state index is 13.2. The van der Waals surface area contributed by atoms with Crippen molar-refractivity contribution in [3.8, 4) is 0 Å². The molecule has 208 valence electrons. The van der Waals surface area contributed by atoms with Crippen LogP contribution in [0, 0.1) is 0 Å². The lowest BCUT2D eigenvalue weighted by atomic mass is 10.0. The van der Waals surface area contributed by atoms with Gasteiger partial charge in [-0.2, -0.15) is 18.3 Å². The van der Waals surface area contributed by atoms with Gasteiger partial charge < -0.3 is 16.0 Å². The summed E-state index contributed by atoms with van der Waals surface area (Å²) in [5.74, 6) is -3.40. The fourth-order valence-electron chi connectivity index (χ4n) is 3.58. The number of aromatic amines is 1. The van der Waals surface area contributed by atoms with Gasteiger partial charge in [0, 0.05) is 16.8 Å². The second-order valence-corrected chi connectivity index (χ2v) is 8.66. The number of hydrazone groups is 1. The number of anilines is 1. The lowest BCUT2D eigenvalue weighted by molar-refractivity contribution is -0.137. The average Bonchev–Trinajstić information content (AvgIpc) is 2.93. The summed E-state index contributed by atoms with van der Waals surface area (Å²) >= 11 is 5.57. The largest absolute Gasteiger partial charge is 0.417 e. The first-order valence-corrected chi connectivity index (χ1v) is 11.7. The number of benzene rings is 3. The molecule has 0 saturated heterocycles. The van der Waals surface area contributed by atoms with Crippen LogP contribution in [0.25, 0.3) is 11.0 Å². The summed E-state index contributed by atoms with van der Waals surface area (Å²) < 4.78 is 39.5. The van der Waals surface area contributed by atoms with Crippen LogP contribution < -0.4 is 22.0 Å². The first kappa shape index (κ1) is 28.6. The molecule has 4 rings (SSSR count). The second-order valence-electron chi connectivity index (χ2n) is 8.25. The molecule has 5 N–H and O–H groups in total. The molecule has 0 radical (unpaired) electrons. The van der Waals surface area contributed by atoms with Crippen molar-refractivity contribution in [3.63, 3.8) is 0 Å². The number of aromatic nitrogens is 2. The van der Waals surface area contributed by atoms with Crippen molar-refractivity contribution < 1.29 is 32.3 Å². The molecule has 0 aliphatic heterocycles. The average molecular weight is 585 g/mol. The molecule has 41 heavy (non-hydrogen) atoms. The van der Waals surface area contributed by atoms with E-state index in [9.17, 15) is 37.1 Å². The minimum absolute atomic E-state index is 0.0664. The number of amides is 3. The van der Waals surface area contributed by atoms with Crippen LogP contribution in [0.5, 0.6) is 0 Å². The lowest BCUT2D eigenvalue weighted by Gasteiger charge is -2.12. The van der Waals surface area contributed by atoms with Gasteiger partial charge in [0.1, 0.15) is 0 Å². The molecule has 0 atom stereocenters. The number of H-pyrrole nitrogens is 1. The van der Waals surface area contributed by atoms with Gasteiger partial charge in [-0.1, -0.05) is 41.9 Å². The fourth-order valence-corrected chi connectivity index (χ4v) is 3.81. The third kappa shape index (κ3) is 6.45. The molecule has 0 aliphatic carbocycles. The second kappa shape index (κ2) is 11.4. The van der Waals surface area contributed by atoms with E-state index in [2.05, 4.69) is 15.1 Å². The molecule has 1 aromatic heterocycles. The molecule has 1 heterocycles. The van der Waals surface area contributed by atoms with E-state index in [4.69, 9.17) is 17.3 Å². The minimum atomic E-state index is -4.85. The number of alkyl halides is 3. The summed E-state index contributed by atoms with van der Waals surface area (Å²) in [7, 11) is 0. The molecule has 11 nitrogen and oxygen atoms in total. The highest BCUT2D eigenvalue weighted by Crippen LogP contribution is 2.36. The SMILES string of the molecule is NC(=O)N/N=C(\C(=O)C(=O)Nc1ccc(Cl)c(C(F)(F)F)c1)c1nc2ccc(C(=O)c3ccccc3)cc2[nH]c1=O. The monoisotopic (exact) mass is 584 g/mol. The van der Waals surface area contributed by atoms with Gasteiger partial charge in [-0.3, -0.25) is 19.2 Å². The van der Waals surface area contributed by atoms with Gasteiger partial charge in [-0.15, -0.1) is 0 Å². The number of nitrogens with one attached hydrogen (secondary N) is 3. The summed E-state index contributed by atoms with van der Waals surface area (Å²) in [6.45, 7) is 0. The van der Waals surface area contributed by atoms with E-state index in [-0.39, 0.29) is 22.4 Å². The molecule has 3 amide bonds. The highest BCUT2D eigenvalue weighted by Gasteiger charge is 2.34. The third-order valence-electron chi connectivity index (χ3n) is 5.44. The molecule has 15 heteroatoms. The number of fused-ring (bicyclic) bond motifs is 1. The number of urea groups is 1. The van der Waals surface area contributed by atoms with Gasteiger partial charge in [0.2, 0.25) is 0 Å². The molecule has 3 aromatic carbocycles. The van der Waals surface area contributed by atoms with E-state index in [1.165, 1.54) is 18.2 Å². The van der Waals surface area contributed by atoms with Gasteiger partial charge >= 0.3 is 12.2 Å². The van der Waals surface area contributed by atoms with E-state index in [1.807, 2.05) is 5.32 Å². The molecule has 0 saturated carbocycles. The number of nitrogens with zero attached hydrogens (tertiary/aromatic N) is 2. The Bertz CT molecular complexity index is 1810. The Morgan fingerprint density at radius 2 is 1.66 bits per heavy atom. The molecule has 0 fully saturated rings. The predicted octanol–water partition coefficient (Wildman–Crippen LogP) is 3.41. The van der Waals surface area contributed by atoms with Crippen LogP contribution in [0.15, 0.2) is 76.6 Å². The normalized spacial score (nSPS) is 11.7. The quantitative estimate of drug-likeness (QED) is 0.112. The number of carbonyl (C=O) groups excluding carboxylic acids is 4. The van der Waals surface area contributed by atoms with Crippen molar-refractivity contribution in [1.29, 1.82) is 0 Å². The number of primary amides is 1. The zero-order valence-corrected chi connectivity index (χ0v) is 21.1. The molecule has 4 aromatic rings. The summed E-state index contributed by atoms with van der Waals surface area (Å²) in [6, 6.07) is 13.6. The van der Waals surface area contributed by atoms with Gasteiger partial charge in [-0.05, 0) is 36.4 Å². The molecule has 0 bridgehead atoms. The van der Waals surface area contributed by atoms with Gasteiger partial charge in [0.25, 0.3) is 17.2 Å². The van der Waals surface area contributed by atoms with Crippen LogP contribution in [0.4, 0.5) is 23.7 Å². The number of halogens is 4. The standard InChI is InChI=1S/C26H16ClF3N6O5/c27-16-8-7-14(11-15(16)26(28,29)30)32-24(40)22(38)19(35-36-25(31)41)20-23(39)34-18-10-13(6-9-17(18)33-20)21(37)12-4-2-1-3-5-12/h1-11H,(H,32,40)(H,34,39)(H3,31,36,41)/b35-19-. The van der Waals surface area contributed by atoms with Crippen LogP contribution in [-0.2, 0) is 15.8 Å². The zero-order chi connectivity index (χ0) is 29.9. The minimum Gasteiger partial charge on any atom is -0.350 e. The van der Waals surface area contributed by atoms with Crippen LogP contribution in [-0.4, -0.2) is 39.2 Å². The molecule has 0 aliphatic rings. The van der Waals surface area contributed by atoms with E-state index in [0.29, 0.717) is 11.6 Å². The van der Waals surface area contributed by atoms with Crippen molar-refractivity contribution in [2.24, 2.45) is 10.8 Å². The Balaban J connectivity index is 1.69. The highest BCUT2D eigenvalue weighted by molar-refractivity contribution is 6.69. The van der Waals surface area contributed by atoms with Gasteiger partial charge in [0.05, 0.1) is 21.6 Å². The zero-order valence-electron chi connectivity index (χ0n) is 20.4. The van der Waals surface area contributed by atoms with Crippen molar-refractivity contribution in [3.05, 3.63) is 104 Å². The topological polar surface area (TPSA) is 176 Å². The number of Topliss-reactive ketones (excluding diaryl/α,β-unsaturated/α-hetero) is 1. The summed E-state index contributed by atoms with van der Waals surface area (Å²) in [6.07, 6.45) is -4.85. The number of carbonyl (C=O) groups is 4. The molecular weight excluding hydrogens is 569 g/mol. The molecule has 0 unspecified atom stereocenters. The maximum absolute atomic E-state index is 13.2. The maximum Gasteiger partial charge on any atom is 0.417 e. The van der Waals surface area contributed by atoms with E-state index in [0.717, 1.165) is 12.1 Å². The summed E-state index contributed by atoms with van der Waals surface area (Å²) in [5, 5.41) is 4.74. The van der Waals surface area contributed by atoms with Crippen LogP contribution in [0.2, 0.25) is 5.02 Å². The first-order chi connectivity index (χ1) is 19.3. The fraction of sp³-hybridized carbons (Fsp3) is 0.0385. The number of hydrogen-bond acceptors (Lipinski definition) is 7. The Hall–Kier alpha value is -5.37. The smallest absolute Gasteiger partial charge is 0.350 e. The Kier molecular flexibility index (Phi) is 7.96. The number of rotatable bonds is 7. The highest BCUT2D eigenvalue weighted by atomic mass is 35.5. The number of ketones is 2. The van der Waals surface area contributed by atoms with Gasteiger partial charge in [-0.25, -0.2) is 15.2 Å². The van der Waals surface area contributed by atoms with Crippen LogP contribution in [0.1, 0.15) is 27.2 Å². The summed E-state index contributed by atoms with van der Waals surface area (Å²) in [4.78, 5) is 69.0.